The third-order valence-electron chi connectivity index (χ3n) is 1.17. The molecule has 0 aliphatic rings. The van der Waals surface area contributed by atoms with E-state index in [0.717, 1.165) is 10.6 Å². The average molecular weight is 170 g/mol. The Bertz CT molecular complexity index is 232. The summed E-state index contributed by atoms with van der Waals surface area (Å²) in [5, 5.41) is 3.39. The van der Waals surface area contributed by atoms with Crippen LogP contribution in [0.25, 0.3) is 0 Å². The fourth-order valence-corrected chi connectivity index (χ4v) is 1.11. The molecule has 0 amide bonds. The number of hydrogen-bond acceptors (Lipinski definition) is 1. The second-order valence-electron chi connectivity index (χ2n) is 1.95. The van der Waals surface area contributed by atoms with Crippen LogP contribution in [0.3, 0.4) is 0 Å². The molecular formula is C8H6ClS. The van der Waals surface area contributed by atoms with E-state index in [1.54, 1.807) is 0 Å². The molecule has 0 unspecified atom stereocenters. The predicted molar refractivity (Wildman–Crippen MR) is 47.8 cm³/mol. The van der Waals surface area contributed by atoms with Crippen LogP contribution in [0.4, 0.5) is 0 Å². The number of halogens is 1. The Kier molecular flexibility index (Phi) is 2.84. The number of thiocarbonyl (C=S) groups is 1. The van der Waals surface area contributed by atoms with Crippen LogP contribution in [-0.4, -0.2) is 5.37 Å². The molecule has 0 saturated carbocycles. The molecule has 0 fully saturated rings. The summed E-state index contributed by atoms with van der Waals surface area (Å²) in [5.41, 5.74) is 1.11. The normalized spacial score (nSPS) is 9.30. The lowest BCUT2D eigenvalue weighted by atomic mass is 10.2. The fraction of sp³-hybridized carbons (Fsp3) is 0.125. The van der Waals surface area contributed by atoms with Crippen LogP contribution in [0.2, 0.25) is 5.02 Å². The molecule has 1 rings (SSSR count). The van der Waals surface area contributed by atoms with Crippen LogP contribution >= 0.6 is 23.8 Å². The van der Waals surface area contributed by atoms with E-state index in [2.05, 4.69) is 17.6 Å². The number of rotatable bonds is 2. The van der Waals surface area contributed by atoms with Gasteiger partial charge in [-0.25, -0.2) is 0 Å². The summed E-state index contributed by atoms with van der Waals surface area (Å²) in [4.78, 5) is 0. The van der Waals surface area contributed by atoms with Crippen molar-refractivity contribution in [3.05, 3.63) is 34.9 Å². The van der Waals surface area contributed by atoms with E-state index in [-0.39, 0.29) is 0 Å². The molecule has 0 saturated heterocycles. The largest absolute Gasteiger partial charge is 0.0843 e. The summed E-state index contributed by atoms with van der Waals surface area (Å²) >= 11 is 10.3. The quantitative estimate of drug-likeness (QED) is 0.614. The van der Waals surface area contributed by atoms with Gasteiger partial charge in [-0.15, -0.1) is 0 Å². The van der Waals surface area contributed by atoms with Gasteiger partial charge in [0.15, 0.2) is 0 Å². The molecule has 0 nitrogen and oxygen atoms in total. The first-order valence-corrected chi connectivity index (χ1v) is 3.71. The van der Waals surface area contributed by atoms with Crippen LogP contribution in [-0.2, 0) is 6.42 Å². The molecule has 0 aliphatic carbocycles. The molecule has 0 spiro atoms. The van der Waals surface area contributed by atoms with Crippen LogP contribution in [0.15, 0.2) is 24.3 Å². The highest BCUT2D eigenvalue weighted by atomic mass is 35.5. The zero-order valence-corrected chi connectivity index (χ0v) is 6.88. The maximum Gasteiger partial charge on any atom is 0.0408 e. The lowest BCUT2D eigenvalue weighted by molar-refractivity contribution is 1.38. The molecule has 0 aromatic heterocycles. The highest BCUT2D eigenvalue weighted by molar-refractivity contribution is 7.78. The minimum absolute atomic E-state index is 0.690. The first-order valence-electron chi connectivity index (χ1n) is 2.92. The number of benzene rings is 1. The third kappa shape index (κ3) is 2.09. The number of hydrogen-bond donors (Lipinski definition) is 0. The molecule has 0 heterocycles. The molecular weight excluding hydrogens is 164 g/mol. The summed E-state index contributed by atoms with van der Waals surface area (Å²) in [6, 6.07) is 7.62. The average Bonchev–Trinajstić information content (AvgIpc) is 1.88. The molecule has 0 atom stereocenters. The van der Waals surface area contributed by atoms with Crippen molar-refractivity contribution in [3.8, 4) is 0 Å². The van der Waals surface area contributed by atoms with Crippen molar-refractivity contribution in [1.29, 1.82) is 0 Å². The van der Waals surface area contributed by atoms with Gasteiger partial charge in [-0.05, 0) is 17.7 Å². The highest BCUT2D eigenvalue weighted by Gasteiger charge is 1.89. The van der Waals surface area contributed by atoms with Gasteiger partial charge in [0.05, 0.1) is 0 Å². The Morgan fingerprint density at radius 1 is 1.50 bits per heavy atom. The van der Waals surface area contributed by atoms with E-state index in [0.29, 0.717) is 6.42 Å². The molecule has 0 bridgehead atoms. The molecule has 1 radical (unpaired) electrons. The van der Waals surface area contributed by atoms with Gasteiger partial charge in [0, 0.05) is 16.8 Å². The summed E-state index contributed by atoms with van der Waals surface area (Å²) in [5.74, 6) is 0. The van der Waals surface area contributed by atoms with Crippen molar-refractivity contribution in [2.75, 3.05) is 0 Å². The summed E-state index contributed by atoms with van der Waals surface area (Å²) in [7, 11) is 0. The van der Waals surface area contributed by atoms with Crippen molar-refractivity contribution in [2.45, 2.75) is 6.42 Å². The summed E-state index contributed by atoms with van der Waals surface area (Å²) < 4.78 is 0. The Hall–Kier alpha value is -0.400. The molecule has 2 heteroatoms. The van der Waals surface area contributed by atoms with Gasteiger partial charge in [0.1, 0.15) is 0 Å². The smallest absolute Gasteiger partial charge is 0.0408 e. The molecule has 0 aliphatic heterocycles. The molecule has 51 valence electrons. The van der Waals surface area contributed by atoms with Gasteiger partial charge < -0.3 is 0 Å². The monoisotopic (exact) mass is 169 g/mol. The van der Waals surface area contributed by atoms with Crippen LogP contribution in [0.1, 0.15) is 5.56 Å². The summed E-state index contributed by atoms with van der Waals surface area (Å²) in [6.07, 6.45) is 0.690. The third-order valence-corrected chi connectivity index (χ3v) is 1.54. The van der Waals surface area contributed by atoms with Gasteiger partial charge in [-0.2, -0.15) is 0 Å². The van der Waals surface area contributed by atoms with Crippen molar-refractivity contribution in [3.63, 3.8) is 0 Å². The van der Waals surface area contributed by atoms with E-state index < -0.39 is 0 Å². The van der Waals surface area contributed by atoms with E-state index in [1.165, 1.54) is 0 Å². The van der Waals surface area contributed by atoms with E-state index in [4.69, 9.17) is 11.6 Å². The standard InChI is InChI=1S/C8H6ClS/c9-8-3-1-2-7(6-8)4-5-10/h1-3,6H,4H2. The Balaban J connectivity index is 2.84. The Morgan fingerprint density at radius 2 is 2.30 bits per heavy atom. The topological polar surface area (TPSA) is 0 Å². The Morgan fingerprint density at radius 3 is 2.90 bits per heavy atom. The van der Waals surface area contributed by atoms with Crippen LogP contribution in [0, 0.1) is 0 Å². The summed E-state index contributed by atoms with van der Waals surface area (Å²) in [6.45, 7) is 0. The van der Waals surface area contributed by atoms with Crippen molar-refractivity contribution >= 4 is 29.2 Å². The van der Waals surface area contributed by atoms with Crippen molar-refractivity contribution in [1.82, 2.24) is 0 Å². The highest BCUT2D eigenvalue weighted by Crippen LogP contribution is 2.10. The lowest BCUT2D eigenvalue weighted by Crippen LogP contribution is -1.81. The lowest BCUT2D eigenvalue weighted by Gasteiger charge is -1.93. The van der Waals surface area contributed by atoms with Gasteiger partial charge in [-0.1, -0.05) is 36.0 Å². The Labute approximate surface area is 70.8 Å². The van der Waals surface area contributed by atoms with Crippen molar-refractivity contribution in [2.24, 2.45) is 0 Å². The first-order chi connectivity index (χ1) is 4.83. The first kappa shape index (κ1) is 7.70. The van der Waals surface area contributed by atoms with Crippen molar-refractivity contribution < 1.29 is 0 Å². The van der Waals surface area contributed by atoms with Crippen LogP contribution < -0.4 is 0 Å². The van der Waals surface area contributed by atoms with E-state index >= 15 is 0 Å². The van der Waals surface area contributed by atoms with E-state index in [9.17, 15) is 0 Å². The second kappa shape index (κ2) is 3.69. The SMILES string of the molecule is S=[C]Cc1cccc(Cl)c1. The zero-order valence-electron chi connectivity index (χ0n) is 5.30. The second-order valence-corrected chi connectivity index (χ2v) is 2.68. The predicted octanol–water partition coefficient (Wildman–Crippen LogP) is 2.76. The molecule has 1 aromatic carbocycles. The minimum atomic E-state index is 0.690. The minimum Gasteiger partial charge on any atom is -0.0843 e. The van der Waals surface area contributed by atoms with Gasteiger partial charge in [0.25, 0.3) is 0 Å². The maximum absolute atomic E-state index is 5.72. The fourth-order valence-electron chi connectivity index (χ4n) is 0.730. The van der Waals surface area contributed by atoms with E-state index in [1.807, 2.05) is 24.3 Å². The van der Waals surface area contributed by atoms with Crippen LogP contribution in [0.5, 0.6) is 0 Å². The van der Waals surface area contributed by atoms with Gasteiger partial charge in [0.2, 0.25) is 0 Å². The van der Waals surface area contributed by atoms with Gasteiger partial charge in [-0.3, -0.25) is 0 Å². The molecule has 1 aromatic rings. The zero-order chi connectivity index (χ0) is 7.40. The maximum atomic E-state index is 5.72. The molecule has 0 N–H and O–H groups in total. The van der Waals surface area contributed by atoms with Gasteiger partial charge >= 0.3 is 0 Å². The molecule has 10 heavy (non-hydrogen) atoms.